The molecule has 0 unspecified atom stereocenters. The van der Waals surface area contributed by atoms with Crippen LogP contribution in [0.5, 0.6) is 0 Å². The maximum Gasteiger partial charge on any atom is 0.267 e. The van der Waals surface area contributed by atoms with Crippen LogP contribution in [0.25, 0.3) is 16.8 Å². The van der Waals surface area contributed by atoms with Gasteiger partial charge in [-0.25, -0.2) is 4.98 Å². The summed E-state index contributed by atoms with van der Waals surface area (Å²) in [5.74, 6) is -0.135. The highest BCUT2D eigenvalue weighted by atomic mass is 16.2. The number of amides is 1. The van der Waals surface area contributed by atoms with Gasteiger partial charge < -0.3 is 5.32 Å². The zero-order valence-electron chi connectivity index (χ0n) is 14.8. The molecule has 136 valence electrons. The summed E-state index contributed by atoms with van der Waals surface area (Å²) >= 11 is 0. The second-order valence-corrected chi connectivity index (χ2v) is 6.06. The van der Waals surface area contributed by atoms with Crippen molar-refractivity contribution >= 4 is 11.7 Å². The maximum atomic E-state index is 13.1. The summed E-state index contributed by atoms with van der Waals surface area (Å²) in [7, 11) is 0. The molecule has 0 radical (unpaired) electrons. The number of carbonyl (C=O) groups excluding carboxylic acids is 1. The van der Waals surface area contributed by atoms with Crippen molar-refractivity contribution in [1.29, 1.82) is 0 Å². The van der Waals surface area contributed by atoms with Gasteiger partial charge in [-0.15, -0.1) is 0 Å². The van der Waals surface area contributed by atoms with Crippen LogP contribution in [0.4, 0.5) is 5.82 Å². The predicted molar refractivity (Wildman–Crippen MR) is 107 cm³/mol. The van der Waals surface area contributed by atoms with Crippen LogP contribution in [-0.4, -0.2) is 20.4 Å². The third-order valence-electron chi connectivity index (χ3n) is 4.20. The minimum atomic E-state index is -0.515. The van der Waals surface area contributed by atoms with E-state index in [1.807, 2.05) is 36.4 Å². The summed E-state index contributed by atoms with van der Waals surface area (Å²) in [6.45, 7) is 0. The maximum absolute atomic E-state index is 13.1. The van der Waals surface area contributed by atoms with Crippen molar-refractivity contribution in [1.82, 2.24) is 14.5 Å². The Morgan fingerprint density at radius 3 is 2.43 bits per heavy atom. The minimum absolute atomic E-state index is 0.0239. The standard InChI is InChI=1S/C22H16N4O2/c27-21(25-20-10-4-5-12-24-20)19-13-17(16-7-6-11-23-14-16)15-26(22(19)28)18-8-2-1-3-9-18/h1-15H,(H,24,25,27). The lowest BCUT2D eigenvalue weighted by molar-refractivity contribution is 0.102. The fourth-order valence-corrected chi connectivity index (χ4v) is 2.84. The van der Waals surface area contributed by atoms with E-state index in [0.717, 1.165) is 5.56 Å². The highest BCUT2D eigenvalue weighted by Gasteiger charge is 2.16. The number of hydrogen-bond acceptors (Lipinski definition) is 4. The van der Waals surface area contributed by atoms with Gasteiger partial charge >= 0.3 is 0 Å². The quantitative estimate of drug-likeness (QED) is 0.598. The van der Waals surface area contributed by atoms with Gasteiger partial charge in [0.05, 0.1) is 0 Å². The average Bonchev–Trinajstić information content (AvgIpc) is 2.76. The van der Waals surface area contributed by atoms with Crippen LogP contribution in [0, 0.1) is 0 Å². The van der Waals surface area contributed by atoms with E-state index in [0.29, 0.717) is 17.1 Å². The number of aromatic nitrogens is 3. The first-order valence-electron chi connectivity index (χ1n) is 8.67. The number of para-hydroxylation sites is 1. The van der Waals surface area contributed by atoms with Crippen molar-refractivity contribution in [3.8, 4) is 16.8 Å². The number of benzene rings is 1. The smallest absolute Gasteiger partial charge is 0.267 e. The van der Waals surface area contributed by atoms with Crippen molar-refractivity contribution in [2.24, 2.45) is 0 Å². The van der Waals surface area contributed by atoms with Crippen LogP contribution < -0.4 is 10.9 Å². The molecule has 0 aliphatic rings. The van der Waals surface area contributed by atoms with E-state index in [9.17, 15) is 9.59 Å². The lowest BCUT2D eigenvalue weighted by Crippen LogP contribution is -2.28. The molecule has 0 atom stereocenters. The Morgan fingerprint density at radius 1 is 0.893 bits per heavy atom. The highest BCUT2D eigenvalue weighted by molar-refractivity contribution is 6.04. The molecule has 3 heterocycles. The summed E-state index contributed by atoms with van der Waals surface area (Å²) in [5, 5.41) is 2.68. The minimum Gasteiger partial charge on any atom is -0.306 e. The fourth-order valence-electron chi connectivity index (χ4n) is 2.84. The first kappa shape index (κ1) is 17.4. The van der Waals surface area contributed by atoms with Crippen molar-refractivity contribution < 1.29 is 4.79 Å². The topological polar surface area (TPSA) is 76.9 Å². The van der Waals surface area contributed by atoms with Gasteiger partial charge in [-0.1, -0.05) is 30.3 Å². The molecular formula is C22H16N4O2. The lowest BCUT2D eigenvalue weighted by Gasteiger charge is -2.12. The number of anilines is 1. The molecule has 6 nitrogen and oxygen atoms in total. The van der Waals surface area contributed by atoms with Crippen LogP contribution >= 0.6 is 0 Å². The molecule has 0 aliphatic carbocycles. The number of rotatable bonds is 4. The molecule has 0 saturated heterocycles. The van der Waals surface area contributed by atoms with E-state index in [4.69, 9.17) is 0 Å². The zero-order valence-corrected chi connectivity index (χ0v) is 14.8. The molecular weight excluding hydrogens is 352 g/mol. The molecule has 6 heteroatoms. The number of carbonyl (C=O) groups is 1. The Morgan fingerprint density at radius 2 is 1.71 bits per heavy atom. The SMILES string of the molecule is O=C(Nc1ccccn1)c1cc(-c2cccnc2)cn(-c2ccccc2)c1=O. The van der Waals surface area contributed by atoms with Gasteiger partial charge in [0, 0.05) is 41.6 Å². The van der Waals surface area contributed by atoms with Crippen LogP contribution in [-0.2, 0) is 0 Å². The van der Waals surface area contributed by atoms with E-state index >= 15 is 0 Å². The number of nitrogens with zero attached hydrogens (tertiary/aromatic N) is 3. The summed E-state index contributed by atoms with van der Waals surface area (Å²) in [6, 6.07) is 19.6. The Labute approximate surface area is 161 Å². The molecule has 0 spiro atoms. The molecule has 0 aliphatic heterocycles. The van der Waals surface area contributed by atoms with Crippen LogP contribution in [0.3, 0.4) is 0 Å². The second kappa shape index (κ2) is 7.67. The molecule has 1 amide bonds. The van der Waals surface area contributed by atoms with Crippen molar-refractivity contribution in [3.63, 3.8) is 0 Å². The Kier molecular flexibility index (Phi) is 4.76. The van der Waals surface area contributed by atoms with Crippen molar-refractivity contribution in [3.05, 3.63) is 107 Å². The van der Waals surface area contributed by atoms with Gasteiger partial charge in [0.15, 0.2) is 0 Å². The highest BCUT2D eigenvalue weighted by Crippen LogP contribution is 2.20. The van der Waals surface area contributed by atoms with E-state index in [1.165, 1.54) is 4.57 Å². The van der Waals surface area contributed by atoms with Crippen LogP contribution in [0.15, 0.2) is 96.3 Å². The Balaban J connectivity index is 1.85. The molecule has 1 N–H and O–H groups in total. The van der Waals surface area contributed by atoms with Crippen LogP contribution in [0.2, 0.25) is 0 Å². The molecule has 28 heavy (non-hydrogen) atoms. The van der Waals surface area contributed by atoms with E-state index in [1.54, 1.807) is 55.1 Å². The van der Waals surface area contributed by atoms with Gasteiger partial charge in [0.1, 0.15) is 11.4 Å². The molecule has 0 fully saturated rings. The fraction of sp³-hybridized carbons (Fsp3) is 0. The van der Waals surface area contributed by atoms with Crippen molar-refractivity contribution in [2.75, 3.05) is 5.32 Å². The molecule has 1 aromatic carbocycles. The first-order chi connectivity index (χ1) is 13.7. The zero-order chi connectivity index (χ0) is 19.3. The summed E-state index contributed by atoms with van der Waals surface area (Å²) in [4.78, 5) is 34.1. The number of pyridine rings is 3. The number of hydrogen-bond donors (Lipinski definition) is 1. The molecule has 0 saturated carbocycles. The van der Waals surface area contributed by atoms with Gasteiger partial charge in [-0.05, 0) is 36.4 Å². The Bertz CT molecular complexity index is 1160. The van der Waals surface area contributed by atoms with Crippen molar-refractivity contribution in [2.45, 2.75) is 0 Å². The monoisotopic (exact) mass is 368 g/mol. The average molecular weight is 368 g/mol. The summed E-state index contributed by atoms with van der Waals surface area (Å²) < 4.78 is 1.47. The van der Waals surface area contributed by atoms with Crippen LogP contribution in [0.1, 0.15) is 10.4 Å². The molecule has 4 aromatic rings. The predicted octanol–water partition coefficient (Wildman–Crippen LogP) is 3.55. The van der Waals surface area contributed by atoms with Gasteiger partial charge in [0.25, 0.3) is 11.5 Å². The third-order valence-corrected chi connectivity index (χ3v) is 4.20. The van der Waals surface area contributed by atoms with E-state index in [-0.39, 0.29) is 5.56 Å². The molecule has 3 aromatic heterocycles. The third kappa shape index (κ3) is 3.57. The largest absolute Gasteiger partial charge is 0.306 e. The van der Waals surface area contributed by atoms with E-state index < -0.39 is 11.5 Å². The summed E-state index contributed by atoms with van der Waals surface area (Å²) in [5.41, 5.74) is 1.80. The lowest BCUT2D eigenvalue weighted by atomic mass is 10.1. The van der Waals surface area contributed by atoms with E-state index in [2.05, 4.69) is 15.3 Å². The molecule has 4 rings (SSSR count). The first-order valence-corrected chi connectivity index (χ1v) is 8.67. The Hall–Kier alpha value is -4.06. The van der Waals surface area contributed by atoms with Gasteiger partial charge in [-0.2, -0.15) is 0 Å². The van der Waals surface area contributed by atoms with Gasteiger partial charge in [-0.3, -0.25) is 19.1 Å². The molecule has 0 bridgehead atoms. The normalized spacial score (nSPS) is 10.4. The summed E-state index contributed by atoms with van der Waals surface area (Å²) in [6.07, 6.45) is 6.65. The second-order valence-electron chi connectivity index (χ2n) is 6.06. The van der Waals surface area contributed by atoms with Gasteiger partial charge in [0.2, 0.25) is 0 Å². The number of nitrogens with one attached hydrogen (secondary N) is 1.